The van der Waals surface area contributed by atoms with Gasteiger partial charge in [0.15, 0.2) is 0 Å². The van der Waals surface area contributed by atoms with Crippen LogP contribution in [0.4, 0.5) is 0 Å². The lowest BCUT2D eigenvalue weighted by Gasteiger charge is -2.20. The quantitative estimate of drug-likeness (QED) is 0.0320. The minimum Gasteiger partial charge on any atom is -0.466 e. The largest absolute Gasteiger partial charge is 0.466 e. The summed E-state index contributed by atoms with van der Waals surface area (Å²) in [6.45, 7) is 4.90. The summed E-state index contributed by atoms with van der Waals surface area (Å²) >= 11 is 0. The maximum absolute atomic E-state index is 12.5. The van der Waals surface area contributed by atoms with Gasteiger partial charge in [-0.15, -0.1) is 0 Å². The molecule has 0 aliphatic heterocycles. The molecule has 0 saturated heterocycles. The molecular weight excluding hydrogens is 935 g/mol. The smallest absolute Gasteiger partial charge is 0.305 e. The van der Waals surface area contributed by atoms with Gasteiger partial charge in [-0.25, -0.2) is 0 Å². The number of hydrogen-bond donors (Lipinski definition) is 3. The molecule has 1 amide bonds. The van der Waals surface area contributed by atoms with Gasteiger partial charge in [0, 0.05) is 12.8 Å². The van der Waals surface area contributed by atoms with E-state index in [4.69, 9.17) is 4.74 Å². The van der Waals surface area contributed by atoms with E-state index in [0.717, 1.165) is 51.4 Å². The second kappa shape index (κ2) is 65.3. The highest BCUT2D eigenvalue weighted by Gasteiger charge is 2.18. The summed E-state index contributed by atoms with van der Waals surface area (Å²) in [5, 5.41) is 23.1. The summed E-state index contributed by atoms with van der Waals surface area (Å²) in [7, 11) is 0. The van der Waals surface area contributed by atoms with Crippen LogP contribution in [-0.2, 0) is 14.3 Å². The number of rotatable bonds is 63. The van der Waals surface area contributed by atoms with Gasteiger partial charge in [0.1, 0.15) is 0 Å². The van der Waals surface area contributed by atoms with E-state index in [9.17, 15) is 19.8 Å². The number of aliphatic hydroxyl groups is 2. The lowest BCUT2D eigenvalue weighted by molar-refractivity contribution is -0.143. The Balaban J connectivity index is 3.40. The van der Waals surface area contributed by atoms with Gasteiger partial charge in [0.25, 0.3) is 0 Å². The van der Waals surface area contributed by atoms with Crippen molar-refractivity contribution in [2.75, 3.05) is 13.2 Å². The summed E-state index contributed by atoms with van der Waals surface area (Å²) in [6.07, 6.45) is 84.6. The molecule has 0 aromatic heterocycles. The van der Waals surface area contributed by atoms with Gasteiger partial charge in [0.05, 0.1) is 25.4 Å². The second-order valence-corrected chi connectivity index (χ2v) is 23.1. The zero-order valence-electron chi connectivity index (χ0n) is 51.0. The van der Waals surface area contributed by atoms with Crippen LogP contribution in [0.1, 0.15) is 361 Å². The van der Waals surface area contributed by atoms with Crippen LogP contribution < -0.4 is 5.32 Å². The molecule has 0 radical (unpaired) electrons. The number of carbonyl (C=O) groups is 2. The zero-order valence-corrected chi connectivity index (χ0v) is 51.0. The number of esters is 1. The van der Waals surface area contributed by atoms with Crippen molar-refractivity contribution >= 4 is 11.9 Å². The van der Waals surface area contributed by atoms with Gasteiger partial charge >= 0.3 is 5.97 Å². The Kier molecular flexibility index (Phi) is 63.5. The monoisotopic (exact) mass is 1070 g/mol. The van der Waals surface area contributed by atoms with E-state index in [0.29, 0.717) is 19.4 Å². The fourth-order valence-electron chi connectivity index (χ4n) is 10.4. The Labute approximate surface area is 474 Å². The van der Waals surface area contributed by atoms with Crippen LogP contribution in [0.5, 0.6) is 0 Å². The number of unbranched alkanes of at least 4 members (excludes halogenated alkanes) is 46. The molecule has 446 valence electrons. The molecule has 6 heteroatoms. The predicted octanol–water partition coefficient (Wildman–Crippen LogP) is 21.7. The second-order valence-electron chi connectivity index (χ2n) is 23.1. The number of hydrogen-bond acceptors (Lipinski definition) is 5. The highest BCUT2D eigenvalue weighted by molar-refractivity contribution is 5.76. The van der Waals surface area contributed by atoms with Crippen molar-refractivity contribution in [2.24, 2.45) is 0 Å². The van der Waals surface area contributed by atoms with Crippen LogP contribution in [0.15, 0.2) is 48.6 Å². The third-order valence-corrected chi connectivity index (χ3v) is 15.6. The number of carbonyl (C=O) groups excluding carboxylic acids is 2. The molecule has 0 aromatic carbocycles. The Morgan fingerprint density at radius 1 is 0.368 bits per heavy atom. The molecule has 0 spiro atoms. The van der Waals surface area contributed by atoms with Crippen LogP contribution in [0.2, 0.25) is 0 Å². The van der Waals surface area contributed by atoms with E-state index in [1.165, 1.54) is 283 Å². The number of allylic oxidation sites excluding steroid dienone is 7. The van der Waals surface area contributed by atoms with Gasteiger partial charge < -0.3 is 20.3 Å². The van der Waals surface area contributed by atoms with Crippen molar-refractivity contribution in [3.8, 4) is 0 Å². The Bertz CT molecular complexity index is 1270. The standard InChI is InChI=1S/C70H131NO5/c1-3-5-7-9-11-13-15-17-19-36-40-44-48-52-56-60-64-70(75)76-65-61-57-53-49-45-41-37-33-31-29-27-25-23-21-20-22-24-26-28-30-32-35-39-43-47-51-55-59-63-69(74)71-67(66-72)68(73)62-58-54-50-46-42-38-34-18-16-14-12-10-8-6-4-2/h13,15,19-21,36,58,62,67-68,72-73H,3-12,14,16-18,22-35,37-57,59-61,63-66H2,1-2H3,(H,71,74)/b15-13-,21-20-,36-19-,62-58+. The highest BCUT2D eigenvalue weighted by atomic mass is 16.5. The predicted molar refractivity (Wildman–Crippen MR) is 333 cm³/mol. The summed E-state index contributed by atoms with van der Waals surface area (Å²) in [5.74, 6) is -0.0648. The molecule has 76 heavy (non-hydrogen) atoms. The first-order valence-electron chi connectivity index (χ1n) is 33.9. The third-order valence-electron chi connectivity index (χ3n) is 15.6. The van der Waals surface area contributed by atoms with Gasteiger partial charge in [-0.3, -0.25) is 9.59 Å². The van der Waals surface area contributed by atoms with Gasteiger partial charge in [-0.05, 0) is 89.9 Å². The van der Waals surface area contributed by atoms with Crippen LogP contribution in [-0.4, -0.2) is 47.4 Å². The minimum absolute atomic E-state index is 0.00193. The lowest BCUT2D eigenvalue weighted by Crippen LogP contribution is -2.45. The SMILES string of the molecule is CCCCCC/C=C\C/C=C\CCCCCCCC(=O)OCCCCCCCCCCCCCC/C=C\CCCCCCCCCCCCCCC(=O)NC(CO)C(O)/C=C/CCCCCCCCCCCCCCC. The highest BCUT2D eigenvalue weighted by Crippen LogP contribution is 2.17. The maximum atomic E-state index is 12.5. The molecule has 2 atom stereocenters. The third kappa shape index (κ3) is 61.0. The molecule has 0 bridgehead atoms. The van der Waals surface area contributed by atoms with E-state index in [2.05, 4.69) is 55.6 Å². The van der Waals surface area contributed by atoms with Crippen molar-refractivity contribution < 1.29 is 24.5 Å². The molecule has 0 rings (SSSR count). The number of amides is 1. The van der Waals surface area contributed by atoms with Crippen molar-refractivity contribution in [3.05, 3.63) is 48.6 Å². The van der Waals surface area contributed by atoms with Crippen LogP contribution in [0.3, 0.4) is 0 Å². The molecule has 0 saturated carbocycles. The molecule has 0 aliphatic carbocycles. The van der Waals surface area contributed by atoms with E-state index in [1.807, 2.05) is 6.08 Å². The molecule has 0 fully saturated rings. The summed E-state index contributed by atoms with van der Waals surface area (Å²) in [4.78, 5) is 24.5. The lowest BCUT2D eigenvalue weighted by atomic mass is 10.0. The van der Waals surface area contributed by atoms with E-state index in [1.54, 1.807) is 6.08 Å². The Morgan fingerprint density at radius 3 is 1.03 bits per heavy atom. The van der Waals surface area contributed by atoms with Crippen LogP contribution in [0.25, 0.3) is 0 Å². The zero-order chi connectivity index (χ0) is 55.0. The summed E-state index contributed by atoms with van der Waals surface area (Å²) in [5.41, 5.74) is 0. The number of aliphatic hydroxyl groups excluding tert-OH is 2. The summed E-state index contributed by atoms with van der Waals surface area (Å²) < 4.78 is 5.49. The molecular formula is C70H131NO5. The molecule has 6 nitrogen and oxygen atoms in total. The normalized spacial score (nSPS) is 12.8. The van der Waals surface area contributed by atoms with E-state index >= 15 is 0 Å². The summed E-state index contributed by atoms with van der Waals surface area (Å²) in [6, 6.07) is -0.628. The van der Waals surface area contributed by atoms with Crippen molar-refractivity contribution in [3.63, 3.8) is 0 Å². The minimum atomic E-state index is -0.845. The van der Waals surface area contributed by atoms with E-state index in [-0.39, 0.29) is 18.5 Å². The molecule has 2 unspecified atom stereocenters. The van der Waals surface area contributed by atoms with Crippen LogP contribution in [0, 0.1) is 0 Å². The number of ether oxygens (including phenoxy) is 1. The van der Waals surface area contributed by atoms with Gasteiger partial charge in [-0.1, -0.05) is 306 Å². The fourth-order valence-corrected chi connectivity index (χ4v) is 10.4. The topological polar surface area (TPSA) is 95.9 Å². The molecule has 0 aromatic rings. The van der Waals surface area contributed by atoms with E-state index < -0.39 is 12.1 Å². The first-order chi connectivity index (χ1) is 37.5. The van der Waals surface area contributed by atoms with Crippen molar-refractivity contribution in [1.29, 1.82) is 0 Å². The first-order valence-corrected chi connectivity index (χ1v) is 33.9. The van der Waals surface area contributed by atoms with Crippen molar-refractivity contribution in [2.45, 2.75) is 373 Å². The van der Waals surface area contributed by atoms with Crippen molar-refractivity contribution in [1.82, 2.24) is 5.32 Å². The molecule has 0 heterocycles. The van der Waals surface area contributed by atoms with Crippen LogP contribution >= 0.6 is 0 Å². The molecule has 0 aliphatic rings. The first kappa shape index (κ1) is 73.8. The Morgan fingerprint density at radius 2 is 0.658 bits per heavy atom. The van der Waals surface area contributed by atoms with Gasteiger partial charge in [-0.2, -0.15) is 0 Å². The average Bonchev–Trinajstić information content (AvgIpc) is 3.42. The maximum Gasteiger partial charge on any atom is 0.305 e. The van der Waals surface area contributed by atoms with Gasteiger partial charge in [0.2, 0.25) is 5.91 Å². The molecule has 3 N–H and O–H groups in total. The average molecular weight is 1070 g/mol. The Hall–Kier alpha value is -2.18. The number of nitrogens with one attached hydrogen (secondary N) is 1. The fraction of sp³-hybridized carbons (Fsp3) is 0.857.